The van der Waals surface area contributed by atoms with E-state index in [0.29, 0.717) is 6.54 Å². The highest BCUT2D eigenvalue weighted by atomic mass is 16.5. The standard InChI is InChI=1S/C13H19N3O2/c1-9-4-3-5-14-12(9)8-16-13(17)11-6-10(18-2)7-15-11/h3-5,10-11,15H,6-8H2,1-2H3,(H,16,17). The van der Waals surface area contributed by atoms with Crippen LogP contribution in [0.4, 0.5) is 0 Å². The molecular formula is C13H19N3O2. The van der Waals surface area contributed by atoms with Gasteiger partial charge in [-0.3, -0.25) is 9.78 Å². The number of carbonyl (C=O) groups excluding carboxylic acids is 1. The Labute approximate surface area is 107 Å². The second-order valence-electron chi connectivity index (χ2n) is 4.54. The predicted octanol–water partition coefficient (Wildman–Crippen LogP) is 0.383. The van der Waals surface area contributed by atoms with Crippen molar-refractivity contribution in [2.75, 3.05) is 13.7 Å². The van der Waals surface area contributed by atoms with Gasteiger partial charge >= 0.3 is 0 Å². The molecule has 0 spiro atoms. The molecule has 2 N–H and O–H groups in total. The molecule has 0 aromatic carbocycles. The van der Waals surface area contributed by atoms with Crippen molar-refractivity contribution in [1.29, 1.82) is 0 Å². The lowest BCUT2D eigenvalue weighted by Crippen LogP contribution is -2.40. The summed E-state index contributed by atoms with van der Waals surface area (Å²) in [6.07, 6.45) is 2.60. The van der Waals surface area contributed by atoms with Crippen LogP contribution in [0.3, 0.4) is 0 Å². The number of ether oxygens (including phenoxy) is 1. The number of nitrogens with zero attached hydrogens (tertiary/aromatic N) is 1. The lowest BCUT2D eigenvalue weighted by molar-refractivity contribution is -0.123. The number of rotatable bonds is 4. The summed E-state index contributed by atoms with van der Waals surface area (Å²) in [6, 6.07) is 3.73. The number of nitrogens with one attached hydrogen (secondary N) is 2. The molecule has 2 heterocycles. The first kappa shape index (κ1) is 13.0. The number of aryl methyl sites for hydroxylation is 1. The molecule has 5 nitrogen and oxygen atoms in total. The highest BCUT2D eigenvalue weighted by Gasteiger charge is 2.28. The molecule has 0 aliphatic carbocycles. The van der Waals surface area contributed by atoms with Crippen molar-refractivity contribution in [3.63, 3.8) is 0 Å². The van der Waals surface area contributed by atoms with Crippen molar-refractivity contribution in [2.24, 2.45) is 0 Å². The van der Waals surface area contributed by atoms with Crippen LogP contribution < -0.4 is 10.6 Å². The fraction of sp³-hybridized carbons (Fsp3) is 0.538. The van der Waals surface area contributed by atoms with Crippen molar-refractivity contribution in [1.82, 2.24) is 15.6 Å². The minimum absolute atomic E-state index is 0.0135. The molecule has 1 aromatic heterocycles. The van der Waals surface area contributed by atoms with E-state index in [-0.39, 0.29) is 18.1 Å². The Bertz CT molecular complexity index is 422. The van der Waals surface area contributed by atoms with Crippen LogP contribution in [0, 0.1) is 6.92 Å². The third-order valence-electron chi connectivity index (χ3n) is 3.29. The van der Waals surface area contributed by atoms with Gasteiger partial charge in [0.2, 0.25) is 5.91 Å². The Hall–Kier alpha value is -1.46. The molecule has 1 aliphatic heterocycles. The lowest BCUT2D eigenvalue weighted by Gasteiger charge is -2.11. The van der Waals surface area contributed by atoms with Gasteiger partial charge in [0.15, 0.2) is 0 Å². The summed E-state index contributed by atoms with van der Waals surface area (Å²) >= 11 is 0. The molecule has 2 unspecified atom stereocenters. The molecule has 2 atom stereocenters. The zero-order valence-corrected chi connectivity index (χ0v) is 10.8. The van der Waals surface area contributed by atoms with Gasteiger partial charge in [0.1, 0.15) is 0 Å². The van der Waals surface area contributed by atoms with E-state index in [1.807, 2.05) is 19.1 Å². The fourth-order valence-corrected chi connectivity index (χ4v) is 2.08. The minimum Gasteiger partial charge on any atom is -0.380 e. The van der Waals surface area contributed by atoms with Gasteiger partial charge in [-0.25, -0.2) is 0 Å². The van der Waals surface area contributed by atoms with Crippen molar-refractivity contribution in [2.45, 2.75) is 32.0 Å². The molecule has 0 radical (unpaired) electrons. The van der Waals surface area contributed by atoms with Crippen LogP contribution in [0.25, 0.3) is 0 Å². The maximum absolute atomic E-state index is 11.9. The van der Waals surface area contributed by atoms with E-state index in [1.54, 1.807) is 13.3 Å². The summed E-state index contributed by atoms with van der Waals surface area (Å²) in [7, 11) is 1.67. The molecule has 1 saturated heterocycles. The maximum atomic E-state index is 11.9. The predicted molar refractivity (Wildman–Crippen MR) is 68.0 cm³/mol. The summed E-state index contributed by atoms with van der Waals surface area (Å²) in [5.74, 6) is 0.0135. The van der Waals surface area contributed by atoms with E-state index in [2.05, 4.69) is 15.6 Å². The van der Waals surface area contributed by atoms with E-state index in [1.165, 1.54) is 0 Å². The Morgan fingerprint density at radius 1 is 1.67 bits per heavy atom. The first-order chi connectivity index (χ1) is 8.70. The number of aromatic nitrogens is 1. The molecule has 1 amide bonds. The average molecular weight is 249 g/mol. The normalized spacial score (nSPS) is 23.0. The highest BCUT2D eigenvalue weighted by molar-refractivity contribution is 5.82. The van der Waals surface area contributed by atoms with Crippen LogP contribution in [-0.4, -0.2) is 36.7 Å². The van der Waals surface area contributed by atoms with Gasteiger partial charge in [-0.05, 0) is 25.0 Å². The first-order valence-electron chi connectivity index (χ1n) is 6.15. The van der Waals surface area contributed by atoms with E-state index >= 15 is 0 Å². The van der Waals surface area contributed by atoms with Gasteiger partial charge in [0.25, 0.3) is 0 Å². The van der Waals surface area contributed by atoms with Gasteiger partial charge in [-0.15, -0.1) is 0 Å². The molecule has 0 bridgehead atoms. The Morgan fingerprint density at radius 3 is 3.17 bits per heavy atom. The smallest absolute Gasteiger partial charge is 0.237 e. The van der Waals surface area contributed by atoms with Crippen LogP contribution in [0.1, 0.15) is 17.7 Å². The van der Waals surface area contributed by atoms with Crippen molar-refractivity contribution >= 4 is 5.91 Å². The molecule has 0 saturated carbocycles. The summed E-state index contributed by atoms with van der Waals surface area (Å²) < 4.78 is 5.22. The number of hydrogen-bond donors (Lipinski definition) is 2. The zero-order chi connectivity index (χ0) is 13.0. The van der Waals surface area contributed by atoms with Gasteiger partial charge in [-0.2, -0.15) is 0 Å². The zero-order valence-electron chi connectivity index (χ0n) is 10.8. The fourth-order valence-electron chi connectivity index (χ4n) is 2.08. The van der Waals surface area contributed by atoms with Gasteiger partial charge in [-0.1, -0.05) is 6.07 Å². The maximum Gasteiger partial charge on any atom is 0.237 e. The summed E-state index contributed by atoms with van der Waals surface area (Å²) in [5, 5.41) is 6.06. The second kappa shape index (κ2) is 5.93. The van der Waals surface area contributed by atoms with Crippen LogP contribution in [-0.2, 0) is 16.1 Å². The average Bonchev–Trinajstić information content (AvgIpc) is 2.86. The van der Waals surface area contributed by atoms with Crippen LogP contribution in [0.5, 0.6) is 0 Å². The van der Waals surface area contributed by atoms with Gasteiger partial charge in [0.05, 0.1) is 24.4 Å². The van der Waals surface area contributed by atoms with Crippen LogP contribution in [0.15, 0.2) is 18.3 Å². The van der Waals surface area contributed by atoms with E-state index in [4.69, 9.17) is 4.74 Å². The molecule has 1 aromatic rings. The number of hydrogen-bond acceptors (Lipinski definition) is 4. The number of pyridine rings is 1. The highest BCUT2D eigenvalue weighted by Crippen LogP contribution is 2.10. The minimum atomic E-state index is -0.154. The Kier molecular flexibility index (Phi) is 4.28. The van der Waals surface area contributed by atoms with Crippen LogP contribution in [0.2, 0.25) is 0 Å². The molecule has 2 rings (SSSR count). The molecule has 18 heavy (non-hydrogen) atoms. The number of amides is 1. The van der Waals surface area contributed by atoms with Crippen LogP contribution >= 0.6 is 0 Å². The van der Waals surface area contributed by atoms with E-state index in [9.17, 15) is 4.79 Å². The Morgan fingerprint density at radius 2 is 2.50 bits per heavy atom. The summed E-state index contributed by atoms with van der Waals surface area (Å²) in [4.78, 5) is 16.2. The summed E-state index contributed by atoms with van der Waals surface area (Å²) in [5.41, 5.74) is 2.00. The third-order valence-corrected chi connectivity index (χ3v) is 3.29. The molecule has 5 heteroatoms. The van der Waals surface area contributed by atoms with Crippen molar-refractivity contribution in [3.05, 3.63) is 29.6 Å². The number of methoxy groups -OCH3 is 1. The quantitative estimate of drug-likeness (QED) is 0.810. The molecule has 1 aliphatic rings. The molecular weight excluding hydrogens is 230 g/mol. The summed E-state index contributed by atoms with van der Waals surface area (Å²) in [6.45, 7) is 3.20. The largest absolute Gasteiger partial charge is 0.380 e. The third kappa shape index (κ3) is 3.05. The molecule has 98 valence electrons. The first-order valence-corrected chi connectivity index (χ1v) is 6.15. The van der Waals surface area contributed by atoms with E-state index < -0.39 is 0 Å². The Balaban J connectivity index is 1.84. The topological polar surface area (TPSA) is 63.2 Å². The molecule has 1 fully saturated rings. The number of carbonyl (C=O) groups is 1. The van der Waals surface area contributed by atoms with Crippen molar-refractivity contribution < 1.29 is 9.53 Å². The van der Waals surface area contributed by atoms with Gasteiger partial charge < -0.3 is 15.4 Å². The second-order valence-corrected chi connectivity index (χ2v) is 4.54. The van der Waals surface area contributed by atoms with Crippen molar-refractivity contribution in [3.8, 4) is 0 Å². The SMILES string of the molecule is COC1CNC(C(=O)NCc2ncccc2C)C1. The van der Waals surface area contributed by atoms with Gasteiger partial charge in [0, 0.05) is 19.9 Å². The lowest BCUT2D eigenvalue weighted by atomic mass is 10.2. The van der Waals surface area contributed by atoms with E-state index in [0.717, 1.165) is 24.2 Å². The monoisotopic (exact) mass is 249 g/mol.